The van der Waals surface area contributed by atoms with E-state index in [0.717, 1.165) is 17.8 Å². The molecule has 1 heterocycles. The Morgan fingerprint density at radius 1 is 1.28 bits per heavy atom. The first-order chi connectivity index (χ1) is 8.49. The van der Waals surface area contributed by atoms with Crippen LogP contribution in [0.3, 0.4) is 0 Å². The number of carbonyl (C=O) groups is 1. The third kappa shape index (κ3) is 2.15. The van der Waals surface area contributed by atoms with Crippen LogP contribution in [0.5, 0.6) is 0 Å². The fourth-order valence-electron chi connectivity index (χ4n) is 1.65. The second-order valence-corrected chi connectivity index (χ2v) is 3.92. The Labute approximate surface area is 102 Å². The molecule has 5 heteroatoms. The van der Waals surface area contributed by atoms with E-state index in [9.17, 15) is 14.0 Å². The van der Waals surface area contributed by atoms with Crippen LogP contribution in [-0.2, 0) is 0 Å². The summed E-state index contributed by atoms with van der Waals surface area (Å²) in [6.45, 7) is 1.73. The summed E-state index contributed by atoms with van der Waals surface area (Å²) in [7, 11) is 0. The molecule has 92 valence electrons. The molecule has 1 aromatic carbocycles. The smallest absolute Gasteiger partial charge is 0.337 e. The van der Waals surface area contributed by atoms with E-state index < -0.39 is 17.3 Å². The summed E-state index contributed by atoms with van der Waals surface area (Å²) in [5, 5.41) is 8.84. The average Bonchev–Trinajstić information content (AvgIpc) is 2.30. The number of pyridine rings is 1. The minimum absolute atomic E-state index is 0.00685. The summed E-state index contributed by atoms with van der Waals surface area (Å²) in [6.07, 6.45) is 1.08. The summed E-state index contributed by atoms with van der Waals surface area (Å²) >= 11 is 0. The van der Waals surface area contributed by atoms with Crippen molar-refractivity contribution in [1.82, 2.24) is 4.98 Å². The molecule has 0 aliphatic carbocycles. The lowest BCUT2D eigenvalue weighted by Crippen LogP contribution is -2.12. The largest absolute Gasteiger partial charge is 0.478 e. The maximum Gasteiger partial charge on any atom is 0.337 e. The Kier molecular flexibility index (Phi) is 2.97. The minimum Gasteiger partial charge on any atom is -0.478 e. The Morgan fingerprint density at radius 3 is 2.61 bits per heavy atom. The first kappa shape index (κ1) is 12.0. The highest BCUT2D eigenvalue weighted by Gasteiger charge is 2.12. The predicted molar refractivity (Wildman–Crippen MR) is 64.2 cm³/mol. The number of benzene rings is 1. The first-order valence-electron chi connectivity index (χ1n) is 5.21. The van der Waals surface area contributed by atoms with Crippen LogP contribution in [0, 0.1) is 12.7 Å². The molecule has 0 unspecified atom stereocenters. The fraction of sp³-hybridized carbons (Fsp3) is 0.0769. The second kappa shape index (κ2) is 4.44. The molecule has 0 spiro atoms. The molecular formula is C13H10FNO3. The van der Waals surface area contributed by atoms with E-state index in [2.05, 4.69) is 4.98 Å². The highest BCUT2D eigenvalue weighted by atomic mass is 19.1. The standard InChI is InChI=1S/C13H10FNO3/c1-7-2-3-9(11(14)4-7)10-5-8(13(17)18)6-15-12(10)16/h2-6H,1H3,(H,15,16)(H,17,18). The number of carboxylic acids is 1. The quantitative estimate of drug-likeness (QED) is 0.854. The van der Waals surface area contributed by atoms with Crippen LogP contribution in [-0.4, -0.2) is 16.1 Å². The zero-order valence-corrected chi connectivity index (χ0v) is 9.53. The molecule has 2 rings (SSSR count). The number of aromatic carboxylic acids is 1. The summed E-state index contributed by atoms with van der Waals surface area (Å²) < 4.78 is 13.7. The molecule has 18 heavy (non-hydrogen) atoms. The number of hydrogen-bond acceptors (Lipinski definition) is 2. The Hall–Kier alpha value is -2.43. The Bertz CT molecular complexity index is 676. The van der Waals surface area contributed by atoms with E-state index in [0.29, 0.717) is 0 Å². The number of rotatable bonds is 2. The van der Waals surface area contributed by atoms with E-state index in [1.807, 2.05) is 0 Å². The van der Waals surface area contributed by atoms with E-state index in [1.54, 1.807) is 13.0 Å². The van der Waals surface area contributed by atoms with Gasteiger partial charge < -0.3 is 10.1 Å². The van der Waals surface area contributed by atoms with Crippen LogP contribution in [0.1, 0.15) is 15.9 Å². The van der Waals surface area contributed by atoms with Crippen LogP contribution >= 0.6 is 0 Å². The van der Waals surface area contributed by atoms with Crippen molar-refractivity contribution in [3.8, 4) is 11.1 Å². The van der Waals surface area contributed by atoms with Crippen molar-refractivity contribution in [1.29, 1.82) is 0 Å². The maximum atomic E-state index is 13.7. The highest BCUT2D eigenvalue weighted by Crippen LogP contribution is 2.21. The Balaban J connectivity index is 2.66. The van der Waals surface area contributed by atoms with Crippen LogP contribution in [0.4, 0.5) is 4.39 Å². The van der Waals surface area contributed by atoms with Crippen molar-refractivity contribution in [2.45, 2.75) is 6.92 Å². The lowest BCUT2D eigenvalue weighted by Gasteiger charge is -2.04. The van der Waals surface area contributed by atoms with Gasteiger partial charge in [0, 0.05) is 11.8 Å². The molecule has 0 saturated carbocycles. The number of H-pyrrole nitrogens is 1. The summed E-state index contributed by atoms with van der Waals surface area (Å²) in [4.78, 5) is 24.7. The van der Waals surface area contributed by atoms with Crippen molar-refractivity contribution < 1.29 is 14.3 Å². The van der Waals surface area contributed by atoms with Gasteiger partial charge in [-0.15, -0.1) is 0 Å². The normalized spacial score (nSPS) is 10.3. The predicted octanol–water partition coefficient (Wildman–Crippen LogP) is 2.19. The lowest BCUT2D eigenvalue weighted by atomic mass is 10.0. The van der Waals surface area contributed by atoms with Gasteiger partial charge in [-0.1, -0.05) is 12.1 Å². The fourth-order valence-corrected chi connectivity index (χ4v) is 1.65. The number of nitrogens with one attached hydrogen (secondary N) is 1. The lowest BCUT2D eigenvalue weighted by molar-refractivity contribution is 0.0696. The molecule has 0 radical (unpaired) electrons. The van der Waals surface area contributed by atoms with Crippen molar-refractivity contribution in [2.24, 2.45) is 0 Å². The van der Waals surface area contributed by atoms with Crippen molar-refractivity contribution in [3.63, 3.8) is 0 Å². The molecule has 0 bridgehead atoms. The topological polar surface area (TPSA) is 70.2 Å². The van der Waals surface area contributed by atoms with Crippen molar-refractivity contribution in [3.05, 3.63) is 57.8 Å². The molecule has 2 N–H and O–H groups in total. The molecule has 0 aliphatic rings. The zero-order chi connectivity index (χ0) is 13.3. The third-order valence-electron chi connectivity index (χ3n) is 2.56. The summed E-state index contributed by atoms with van der Waals surface area (Å²) in [6, 6.07) is 5.57. The minimum atomic E-state index is -1.18. The van der Waals surface area contributed by atoms with Crippen LogP contribution in [0.15, 0.2) is 35.3 Å². The van der Waals surface area contributed by atoms with Gasteiger partial charge in [-0.05, 0) is 24.6 Å². The average molecular weight is 247 g/mol. The molecule has 4 nitrogen and oxygen atoms in total. The van der Waals surface area contributed by atoms with E-state index in [4.69, 9.17) is 5.11 Å². The second-order valence-electron chi connectivity index (χ2n) is 3.92. The van der Waals surface area contributed by atoms with Crippen molar-refractivity contribution >= 4 is 5.97 Å². The number of halogens is 1. The van der Waals surface area contributed by atoms with Crippen LogP contribution in [0.25, 0.3) is 11.1 Å². The molecule has 0 fully saturated rings. The van der Waals surface area contributed by atoms with Gasteiger partial charge in [0.2, 0.25) is 0 Å². The zero-order valence-electron chi connectivity index (χ0n) is 9.53. The van der Waals surface area contributed by atoms with Crippen LogP contribution < -0.4 is 5.56 Å². The maximum absolute atomic E-state index is 13.7. The van der Waals surface area contributed by atoms with E-state index in [-0.39, 0.29) is 16.7 Å². The van der Waals surface area contributed by atoms with Gasteiger partial charge in [-0.25, -0.2) is 9.18 Å². The molecule has 2 aromatic rings. The van der Waals surface area contributed by atoms with Gasteiger partial charge in [-0.2, -0.15) is 0 Å². The van der Waals surface area contributed by atoms with Gasteiger partial charge in [0.1, 0.15) is 5.82 Å². The number of aromatic amines is 1. The molecule has 1 aromatic heterocycles. The molecular weight excluding hydrogens is 237 g/mol. The number of aromatic nitrogens is 1. The summed E-state index contributed by atoms with van der Waals surface area (Å²) in [5.74, 6) is -1.73. The van der Waals surface area contributed by atoms with Gasteiger partial charge in [0.05, 0.1) is 11.1 Å². The molecule has 0 saturated heterocycles. The van der Waals surface area contributed by atoms with E-state index >= 15 is 0 Å². The number of hydrogen-bond donors (Lipinski definition) is 2. The molecule has 0 atom stereocenters. The highest BCUT2D eigenvalue weighted by molar-refractivity contribution is 5.88. The third-order valence-corrected chi connectivity index (χ3v) is 2.56. The van der Waals surface area contributed by atoms with Crippen molar-refractivity contribution in [2.75, 3.05) is 0 Å². The first-order valence-corrected chi connectivity index (χ1v) is 5.21. The SMILES string of the molecule is Cc1ccc(-c2cc(C(=O)O)c[nH]c2=O)c(F)c1. The van der Waals surface area contributed by atoms with Gasteiger partial charge >= 0.3 is 5.97 Å². The van der Waals surface area contributed by atoms with Gasteiger partial charge in [-0.3, -0.25) is 4.79 Å². The van der Waals surface area contributed by atoms with Crippen LogP contribution in [0.2, 0.25) is 0 Å². The summed E-state index contributed by atoms with van der Waals surface area (Å²) in [5.41, 5.74) is 0.201. The molecule has 0 amide bonds. The number of aryl methyl sites for hydroxylation is 1. The van der Waals surface area contributed by atoms with Gasteiger partial charge in [0.25, 0.3) is 5.56 Å². The molecule has 0 aliphatic heterocycles. The monoisotopic (exact) mass is 247 g/mol. The Morgan fingerprint density at radius 2 is 2.00 bits per heavy atom. The number of carboxylic acid groups (broad SMARTS) is 1. The van der Waals surface area contributed by atoms with E-state index in [1.165, 1.54) is 12.1 Å². The van der Waals surface area contributed by atoms with Gasteiger partial charge in [0.15, 0.2) is 0 Å².